The summed E-state index contributed by atoms with van der Waals surface area (Å²) in [5.74, 6) is 0.790. The van der Waals surface area contributed by atoms with Gasteiger partial charge in [-0.1, -0.05) is 44.2 Å². The highest BCUT2D eigenvalue weighted by atomic mass is 15.2. The molecule has 2 aromatic rings. The van der Waals surface area contributed by atoms with Crippen LogP contribution < -0.4 is 10.6 Å². The van der Waals surface area contributed by atoms with Gasteiger partial charge in [0.05, 0.1) is 18.3 Å². The summed E-state index contributed by atoms with van der Waals surface area (Å²) in [5, 5.41) is 13.6. The zero-order valence-corrected chi connectivity index (χ0v) is 14.8. The Kier molecular flexibility index (Phi) is 7.29. The zero-order valence-electron chi connectivity index (χ0n) is 14.8. The van der Waals surface area contributed by atoms with Gasteiger partial charge in [0.15, 0.2) is 5.96 Å². The molecule has 0 fully saturated rings. The van der Waals surface area contributed by atoms with Gasteiger partial charge in [0, 0.05) is 19.8 Å². The fraction of sp³-hybridized carbons (Fsp3) is 0.444. The lowest BCUT2D eigenvalue weighted by Crippen LogP contribution is -2.43. The first-order valence-electron chi connectivity index (χ1n) is 8.50. The minimum Gasteiger partial charge on any atom is -0.354 e. The second-order valence-corrected chi connectivity index (χ2v) is 5.54. The molecule has 0 spiro atoms. The van der Waals surface area contributed by atoms with Gasteiger partial charge in [-0.2, -0.15) is 5.10 Å². The maximum Gasteiger partial charge on any atom is 0.191 e. The van der Waals surface area contributed by atoms with Gasteiger partial charge in [0.2, 0.25) is 0 Å². The summed E-state index contributed by atoms with van der Waals surface area (Å²) in [6, 6.07) is 12.9. The van der Waals surface area contributed by atoms with Gasteiger partial charge in [0.25, 0.3) is 0 Å². The number of likely N-dealkylation sites (N-methyl/N-ethyl adjacent to an activating group) is 1. The molecule has 0 bridgehead atoms. The Morgan fingerprint density at radius 3 is 2.50 bits per heavy atom. The van der Waals surface area contributed by atoms with Crippen molar-refractivity contribution < 1.29 is 0 Å². The first kappa shape index (κ1) is 18.0. The van der Waals surface area contributed by atoms with Crippen LogP contribution in [0.2, 0.25) is 0 Å². The fourth-order valence-corrected chi connectivity index (χ4v) is 2.77. The Hall–Kier alpha value is -2.34. The van der Waals surface area contributed by atoms with Crippen molar-refractivity contribution >= 4 is 5.96 Å². The lowest BCUT2D eigenvalue weighted by atomic mass is 10.1. The van der Waals surface area contributed by atoms with Crippen molar-refractivity contribution in [3.05, 3.63) is 53.9 Å². The number of hydrogen-bond donors (Lipinski definition) is 3. The molecule has 0 aliphatic carbocycles. The standard InChI is InChI=1S/C18H28N6/c1-4-24(5-2)17(15-9-7-6-8-10-15)14-21-18(19-3)20-13-16-11-12-22-23-16/h6-12,17H,4-5,13-14H2,1-3H3,(H,22,23)(H2,19,20,21). The van der Waals surface area contributed by atoms with Crippen LogP contribution in [0, 0.1) is 0 Å². The molecule has 0 aliphatic rings. The van der Waals surface area contributed by atoms with Crippen LogP contribution in [0.4, 0.5) is 0 Å². The summed E-state index contributed by atoms with van der Waals surface area (Å²) in [4.78, 5) is 6.75. The molecule has 1 aromatic carbocycles. The highest BCUT2D eigenvalue weighted by Gasteiger charge is 2.18. The Morgan fingerprint density at radius 1 is 1.17 bits per heavy atom. The summed E-state index contributed by atoms with van der Waals surface area (Å²) in [6.07, 6.45) is 1.75. The Morgan fingerprint density at radius 2 is 1.92 bits per heavy atom. The van der Waals surface area contributed by atoms with Gasteiger partial charge in [-0.25, -0.2) is 0 Å². The van der Waals surface area contributed by atoms with E-state index in [4.69, 9.17) is 0 Å². The lowest BCUT2D eigenvalue weighted by molar-refractivity contribution is 0.219. The van der Waals surface area contributed by atoms with Crippen LogP contribution >= 0.6 is 0 Å². The topological polar surface area (TPSA) is 68.3 Å². The third-order valence-electron chi connectivity index (χ3n) is 4.13. The third-order valence-corrected chi connectivity index (χ3v) is 4.13. The summed E-state index contributed by atoms with van der Waals surface area (Å²) in [5.41, 5.74) is 2.35. The molecule has 1 unspecified atom stereocenters. The van der Waals surface area contributed by atoms with Crippen molar-refractivity contribution in [1.29, 1.82) is 0 Å². The van der Waals surface area contributed by atoms with Gasteiger partial charge < -0.3 is 10.6 Å². The van der Waals surface area contributed by atoms with Crippen molar-refractivity contribution in [2.24, 2.45) is 4.99 Å². The van der Waals surface area contributed by atoms with Gasteiger partial charge in [-0.05, 0) is 24.7 Å². The SMILES string of the molecule is CCN(CC)C(CNC(=NC)NCc1ccn[nH]1)c1ccccc1. The number of nitrogens with zero attached hydrogens (tertiary/aromatic N) is 3. The largest absolute Gasteiger partial charge is 0.354 e. The van der Waals surface area contributed by atoms with Gasteiger partial charge in [-0.15, -0.1) is 0 Å². The van der Waals surface area contributed by atoms with Gasteiger partial charge in [0.1, 0.15) is 0 Å². The molecule has 1 atom stereocenters. The molecule has 0 aliphatic heterocycles. The number of aliphatic imine (C=N–C) groups is 1. The first-order valence-corrected chi connectivity index (χ1v) is 8.50. The van der Waals surface area contributed by atoms with Crippen LogP contribution in [0.3, 0.4) is 0 Å². The normalized spacial score (nSPS) is 13.1. The summed E-state index contributed by atoms with van der Waals surface area (Å²) >= 11 is 0. The molecule has 0 saturated heterocycles. The van der Waals surface area contributed by atoms with Gasteiger partial charge >= 0.3 is 0 Å². The first-order chi connectivity index (χ1) is 11.8. The molecule has 0 amide bonds. The number of guanidine groups is 1. The molecular formula is C18H28N6. The number of hydrogen-bond acceptors (Lipinski definition) is 3. The number of rotatable bonds is 8. The van der Waals surface area contributed by atoms with E-state index in [9.17, 15) is 0 Å². The molecule has 6 nitrogen and oxygen atoms in total. The quantitative estimate of drug-likeness (QED) is 0.513. The van der Waals surface area contributed by atoms with Crippen molar-refractivity contribution in [2.45, 2.75) is 26.4 Å². The van der Waals surface area contributed by atoms with Crippen molar-refractivity contribution in [1.82, 2.24) is 25.7 Å². The monoisotopic (exact) mass is 328 g/mol. The molecule has 1 aromatic heterocycles. The van der Waals surface area contributed by atoms with Crippen molar-refractivity contribution in [3.8, 4) is 0 Å². The molecule has 3 N–H and O–H groups in total. The van der Waals surface area contributed by atoms with E-state index in [1.807, 2.05) is 6.07 Å². The number of aromatic amines is 1. The summed E-state index contributed by atoms with van der Waals surface area (Å²) < 4.78 is 0. The van der Waals surface area contributed by atoms with E-state index >= 15 is 0 Å². The van der Waals surface area contributed by atoms with Crippen LogP contribution in [-0.4, -0.2) is 47.7 Å². The van der Waals surface area contributed by atoms with Crippen LogP contribution in [0.15, 0.2) is 47.6 Å². The predicted octanol–water partition coefficient (Wildman–Crippen LogP) is 2.16. The van der Waals surface area contributed by atoms with Crippen LogP contribution in [-0.2, 0) is 6.54 Å². The Labute approximate surface area is 144 Å². The van der Waals surface area contributed by atoms with Crippen LogP contribution in [0.5, 0.6) is 0 Å². The maximum atomic E-state index is 4.31. The van der Waals surface area contributed by atoms with Crippen LogP contribution in [0.1, 0.15) is 31.1 Å². The zero-order chi connectivity index (χ0) is 17.2. The molecule has 130 valence electrons. The van der Waals surface area contributed by atoms with Gasteiger partial charge in [-0.3, -0.25) is 15.0 Å². The number of nitrogens with one attached hydrogen (secondary N) is 3. The summed E-state index contributed by atoms with van der Waals surface area (Å²) in [6.45, 7) is 7.89. The average molecular weight is 328 g/mol. The highest BCUT2D eigenvalue weighted by Crippen LogP contribution is 2.19. The Balaban J connectivity index is 1.97. The minimum absolute atomic E-state index is 0.312. The van der Waals surface area contributed by atoms with E-state index in [1.54, 1.807) is 13.2 Å². The molecule has 6 heteroatoms. The summed E-state index contributed by atoms with van der Waals surface area (Å²) in [7, 11) is 1.79. The third kappa shape index (κ3) is 5.09. The maximum absolute atomic E-state index is 4.31. The smallest absolute Gasteiger partial charge is 0.191 e. The van der Waals surface area contributed by atoms with E-state index in [0.29, 0.717) is 12.6 Å². The molecular weight excluding hydrogens is 300 g/mol. The van der Waals surface area contributed by atoms with Crippen molar-refractivity contribution in [3.63, 3.8) is 0 Å². The van der Waals surface area contributed by atoms with E-state index in [0.717, 1.165) is 31.3 Å². The fourth-order valence-electron chi connectivity index (χ4n) is 2.77. The van der Waals surface area contributed by atoms with Crippen LogP contribution in [0.25, 0.3) is 0 Å². The second-order valence-electron chi connectivity index (χ2n) is 5.54. The highest BCUT2D eigenvalue weighted by molar-refractivity contribution is 5.79. The van der Waals surface area contributed by atoms with E-state index < -0.39 is 0 Å². The molecule has 2 rings (SSSR count). The Bertz CT molecular complexity index is 589. The lowest BCUT2D eigenvalue weighted by Gasteiger charge is -2.30. The van der Waals surface area contributed by atoms with E-state index in [2.05, 4.69) is 74.9 Å². The second kappa shape index (κ2) is 9.72. The average Bonchev–Trinajstić information content (AvgIpc) is 3.15. The van der Waals surface area contributed by atoms with E-state index in [1.165, 1.54) is 5.56 Å². The van der Waals surface area contributed by atoms with Crippen molar-refractivity contribution in [2.75, 3.05) is 26.7 Å². The predicted molar refractivity (Wildman–Crippen MR) is 98.9 cm³/mol. The molecule has 1 heterocycles. The molecule has 0 saturated carbocycles. The number of aromatic nitrogens is 2. The van der Waals surface area contributed by atoms with E-state index in [-0.39, 0.29) is 0 Å². The molecule has 0 radical (unpaired) electrons. The number of benzene rings is 1. The minimum atomic E-state index is 0.312. The number of H-pyrrole nitrogens is 1. The molecule has 24 heavy (non-hydrogen) atoms.